The number of urea groups is 1. The van der Waals surface area contributed by atoms with E-state index in [1.807, 2.05) is 0 Å². The molecular weight excluding hydrogens is 416 g/mol. The molecule has 1 unspecified atom stereocenters. The zero-order valence-corrected chi connectivity index (χ0v) is 19.1. The number of nitrogens with zero attached hydrogens (tertiary/aromatic N) is 1. The number of fused-ring (bicyclic) bond motifs is 2. The second-order valence-corrected chi connectivity index (χ2v) is 11.3. The normalized spacial score (nSPS) is 22.3. The maximum absolute atomic E-state index is 13.1. The van der Waals surface area contributed by atoms with E-state index >= 15 is 0 Å². The molecule has 4 N–H and O–H groups in total. The van der Waals surface area contributed by atoms with Crippen LogP contribution in [0.15, 0.2) is 32.2 Å². The van der Waals surface area contributed by atoms with E-state index in [9.17, 15) is 9.00 Å². The summed E-state index contributed by atoms with van der Waals surface area (Å²) in [7, 11) is -3.35. The lowest BCUT2D eigenvalue weighted by molar-refractivity contribution is 0.260. The van der Waals surface area contributed by atoms with Crippen molar-refractivity contribution in [2.75, 3.05) is 11.9 Å². The Bertz CT molecular complexity index is 1000. The maximum atomic E-state index is 13.1. The summed E-state index contributed by atoms with van der Waals surface area (Å²) in [4.78, 5) is 13.6. The summed E-state index contributed by atoms with van der Waals surface area (Å²) in [6.07, 6.45) is 9.97. The lowest BCUT2D eigenvalue weighted by Crippen LogP contribution is -2.23. The monoisotopic (exact) mass is 446 g/mol. The van der Waals surface area contributed by atoms with Crippen molar-refractivity contribution in [1.82, 2.24) is 5.32 Å². The van der Waals surface area contributed by atoms with E-state index in [4.69, 9.17) is 5.14 Å². The molecule has 30 heavy (non-hydrogen) atoms. The lowest BCUT2D eigenvalue weighted by Gasteiger charge is -2.17. The zero-order valence-electron chi connectivity index (χ0n) is 17.5. The van der Waals surface area contributed by atoms with Gasteiger partial charge in [-0.25, -0.2) is 14.1 Å². The molecule has 2 amide bonds. The van der Waals surface area contributed by atoms with Crippen LogP contribution in [0.2, 0.25) is 0 Å². The largest absolute Gasteiger partial charge is 0.354 e. The number of nitrogens with one attached hydrogen (secondary N) is 2. The molecule has 1 aromatic carbocycles. The SMILES string of the molecule is C=C(S/C(=C\C)S(N)(=O)=NC(=O)Nc1c2c(cc3c1CCC3)CCC2)[C@H]1CCCN1. The molecule has 0 aromatic heterocycles. The first-order valence-corrected chi connectivity index (χ1v) is 13.1. The van der Waals surface area contributed by atoms with Crippen molar-refractivity contribution in [3.63, 3.8) is 0 Å². The third-order valence-electron chi connectivity index (χ3n) is 6.13. The van der Waals surface area contributed by atoms with Crippen LogP contribution in [-0.2, 0) is 35.6 Å². The molecule has 1 aromatic rings. The summed E-state index contributed by atoms with van der Waals surface area (Å²) < 4.78 is 17.4. The van der Waals surface area contributed by atoms with Crippen LogP contribution >= 0.6 is 11.8 Å². The molecule has 2 atom stereocenters. The van der Waals surface area contributed by atoms with Crippen LogP contribution in [0.3, 0.4) is 0 Å². The maximum Gasteiger partial charge on any atom is 0.354 e. The number of nitrogens with two attached hydrogens (primary N) is 1. The fourth-order valence-electron chi connectivity index (χ4n) is 4.71. The molecule has 1 fully saturated rings. The number of carbonyl (C=O) groups is 1. The molecule has 3 aliphatic rings. The Labute approximate surface area is 183 Å². The first kappa shape index (κ1) is 21.6. The standard InChI is InChI=1S/C22H30N4O2S2/c1-3-20(29-14(2)19-11-6-12-24-19)30(23,28)26-22(27)25-21-17-9-4-7-15(17)13-16-8-5-10-18(16)21/h3,13,19,24H,2,4-12H2,1H3,(H3,23,25,26,27,28)/b20-3+/t19-,30?/m1/s1. The van der Waals surface area contributed by atoms with Crippen molar-refractivity contribution in [2.24, 2.45) is 9.50 Å². The van der Waals surface area contributed by atoms with E-state index in [1.165, 1.54) is 34.0 Å². The molecular formula is C22H30N4O2S2. The van der Waals surface area contributed by atoms with Crippen LogP contribution in [0, 0.1) is 0 Å². The molecule has 1 heterocycles. The van der Waals surface area contributed by atoms with Gasteiger partial charge in [0.1, 0.15) is 9.92 Å². The minimum Gasteiger partial charge on any atom is -0.309 e. The van der Waals surface area contributed by atoms with E-state index in [0.717, 1.165) is 68.5 Å². The minimum atomic E-state index is -3.35. The highest BCUT2D eigenvalue weighted by atomic mass is 32.3. The van der Waals surface area contributed by atoms with Crippen LogP contribution in [0.25, 0.3) is 0 Å². The summed E-state index contributed by atoms with van der Waals surface area (Å²) in [6, 6.07) is 1.84. The van der Waals surface area contributed by atoms with Crippen LogP contribution in [0.1, 0.15) is 54.9 Å². The number of benzene rings is 1. The molecule has 8 heteroatoms. The van der Waals surface area contributed by atoms with Gasteiger partial charge >= 0.3 is 6.03 Å². The van der Waals surface area contributed by atoms with Gasteiger partial charge in [-0.15, -0.1) is 4.36 Å². The van der Waals surface area contributed by atoms with Crippen molar-refractivity contribution in [3.8, 4) is 0 Å². The summed E-state index contributed by atoms with van der Waals surface area (Å²) in [5.41, 5.74) is 5.96. The summed E-state index contributed by atoms with van der Waals surface area (Å²) >= 11 is 1.27. The van der Waals surface area contributed by atoms with Crippen LogP contribution < -0.4 is 15.8 Å². The highest BCUT2D eigenvalue weighted by molar-refractivity contribution is 8.20. The molecule has 162 valence electrons. The Hall–Kier alpha value is -1.61. The van der Waals surface area contributed by atoms with E-state index in [-0.39, 0.29) is 6.04 Å². The van der Waals surface area contributed by atoms with Crippen LogP contribution in [-0.4, -0.2) is 22.8 Å². The van der Waals surface area contributed by atoms with Gasteiger partial charge in [0, 0.05) is 16.6 Å². The van der Waals surface area contributed by atoms with Gasteiger partial charge in [-0.05, 0) is 87.1 Å². The minimum absolute atomic E-state index is 0.170. The molecule has 2 aliphatic carbocycles. The van der Waals surface area contributed by atoms with Crippen molar-refractivity contribution < 1.29 is 9.00 Å². The van der Waals surface area contributed by atoms with E-state index in [1.54, 1.807) is 13.0 Å². The van der Waals surface area contributed by atoms with Crippen molar-refractivity contribution in [3.05, 3.63) is 50.1 Å². The number of allylic oxidation sites excluding steroid dienone is 1. The second-order valence-electron chi connectivity index (χ2n) is 8.15. The number of aryl methyl sites for hydroxylation is 2. The van der Waals surface area contributed by atoms with Gasteiger partial charge in [0.15, 0.2) is 0 Å². The molecule has 1 saturated heterocycles. The average Bonchev–Trinajstić information content (AvgIpc) is 3.45. The smallest absolute Gasteiger partial charge is 0.309 e. The van der Waals surface area contributed by atoms with Gasteiger partial charge < -0.3 is 10.6 Å². The average molecular weight is 447 g/mol. The third-order valence-corrected chi connectivity index (χ3v) is 9.33. The number of hydrogen-bond acceptors (Lipinski definition) is 4. The van der Waals surface area contributed by atoms with Crippen molar-refractivity contribution in [2.45, 2.75) is 64.3 Å². The molecule has 0 saturated carbocycles. The van der Waals surface area contributed by atoms with E-state index in [2.05, 4.69) is 27.6 Å². The molecule has 6 nitrogen and oxygen atoms in total. The highest BCUT2D eigenvalue weighted by Gasteiger charge is 2.26. The summed E-state index contributed by atoms with van der Waals surface area (Å²) in [6.45, 7) is 6.81. The number of thioether (sulfide) groups is 1. The van der Waals surface area contributed by atoms with Gasteiger partial charge in [0.05, 0.1) is 4.24 Å². The van der Waals surface area contributed by atoms with Crippen LogP contribution in [0.5, 0.6) is 0 Å². The Kier molecular flexibility index (Phi) is 6.39. The van der Waals surface area contributed by atoms with Gasteiger partial charge in [-0.3, -0.25) is 0 Å². The van der Waals surface area contributed by atoms with Crippen molar-refractivity contribution in [1.29, 1.82) is 0 Å². The molecule has 1 aliphatic heterocycles. The molecule has 0 bridgehead atoms. The van der Waals surface area contributed by atoms with Crippen molar-refractivity contribution >= 4 is 33.4 Å². The fraction of sp³-hybridized carbons (Fsp3) is 0.500. The topological polar surface area (TPSA) is 96.6 Å². The Morgan fingerprint density at radius 1 is 1.27 bits per heavy atom. The summed E-state index contributed by atoms with van der Waals surface area (Å²) in [5, 5.41) is 12.4. The van der Waals surface area contributed by atoms with Gasteiger partial charge in [0.2, 0.25) is 0 Å². The predicted molar refractivity (Wildman–Crippen MR) is 126 cm³/mol. The van der Waals surface area contributed by atoms with E-state index in [0.29, 0.717) is 4.24 Å². The number of rotatable bonds is 5. The van der Waals surface area contributed by atoms with Crippen LogP contribution in [0.4, 0.5) is 10.5 Å². The third kappa shape index (κ3) is 4.37. The number of carbonyl (C=O) groups excluding carboxylic acids is 1. The Morgan fingerprint density at radius 2 is 1.93 bits per heavy atom. The van der Waals surface area contributed by atoms with Gasteiger partial charge in [0.25, 0.3) is 0 Å². The first-order chi connectivity index (χ1) is 14.4. The molecule has 0 radical (unpaired) electrons. The van der Waals surface area contributed by atoms with Gasteiger partial charge in [-0.1, -0.05) is 30.5 Å². The number of amides is 2. The Balaban J connectivity index is 1.55. The molecule has 0 spiro atoms. The molecule has 4 rings (SSSR count). The van der Waals surface area contributed by atoms with Gasteiger partial charge in [-0.2, -0.15) is 0 Å². The second kappa shape index (κ2) is 8.86. The van der Waals surface area contributed by atoms with E-state index < -0.39 is 15.9 Å². The zero-order chi connectivity index (χ0) is 21.3. The Morgan fingerprint density at radius 3 is 2.50 bits per heavy atom. The number of anilines is 1. The predicted octanol–water partition coefficient (Wildman–Crippen LogP) is 4.40. The lowest BCUT2D eigenvalue weighted by atomic mass is 9.99. The first-order valence-electron chi connectivity index (χ1n) is 10.7. The summed E-state index contributed by atoms with van der Waals surface area (Å²) in [5.74, 6) is 0. The fourth-order valence-corrected chi connectivity index (χ4v) is 7.06. The highest BCUT2D eigenvalue weighted by Crippen LogP contribution is 2.39. The number of hydrogen-bond donors (Lipinski definition) is 3. The quantitative estimate of drug-likeness (QED) is 0.625.